The van der Waals surface area contributed by atoms with E-state index in [1.165, 1.54) is 12.1 Å². The van der Waals surface area contributed by atoms with E-state index in [0.29, 0.717) is 34.9 Å². The van der Waals surface area contributed by atoms with Gasteiger partial charge in [0, 0.05) is 38.3 Å². The van der Waals surface area contributed by atoms with Crippen LogP contribution in [0.1, 0.15) is 31.2 Å². The van der Waals surface area contributed by atoms with Crippen LogP contribution in [0.2, 0.25) is 10.0 Å². The van der Waals surface area contributed by atoms with Crippen LogP contribution in [0.25, 0.3) is 0 Å². The molecule has 2 aliphatic rings. The molecule has 2 fully saturated rings. The van der Waals surface area contributed by atoms with E-state index < -0.39 is 28.8 Å². The van der Waals surface area contributed by atoms with Crippen molar-refractivity contribution in [2.24, 2.45) is 0 Å². The van der Waals surface area contributed by atoms with E-state index in [1.54, 1.807) is 23.1 Å². The molecule has 12 heteroatoms. The molecule has 0 saturated carbocycles. The van der Waals surface area contributed by atoms with E-state index in [-0.39, 0.29) is 11.0 Å². The topological polar surface area (TPSA) is 61.9 Å². The molecule has 2 aromatic carbocycles. The highest BCUT2D eigenvalue weighted by Crippen LogP contribution is 2.31. The molecular formula is C24H26Cl2F3N3O3S. The number of benzene rings is 2. The summed E-state index contributed by atoms with van der Waals surface area (Å²) in [6, 6.07) is 9.19. The number of amides is 2. The molecule has 6 nitrogen and oxygen atoms in total. The van der Waals surface area contributed by atoms with Gasteiger partial charge in [-0.1, -0.05) is 29.3 Å². The van der Waals surface area contributed by atoms with Crippen molar-refractivity contribution in [2.75, 3.05) is 26.2 Å². The number of nitrogens with one attached hydrogen (secondary N) is 1. The van der Waals surface area contributed by atoms with Crippen LogP contribution >= 0.6 is 23.2 Å². The number of hydrogen-bond acceptors (Lipinski definition) is 4. The first-order valence-electron chi connectivity index (χ1n) is 11.6. The van der Waals surface area contributed by atoms with Crippen LogP contribution in [0, 0.1) is 0 Å². The molecule has 196 valence electrons. The van der Waals surface area contributed by atoms with Crippen molar-refractivity contribution < 1.29 is 26.9 Å². The zero-order chi connectivity index (χ0) is 25.9. The van der Waals surface area contributed by atoms with Crippen LogP contribution in [0.5, 0.6) is 5.75 Å². The summed E-state index contributed by atoms with van der Waals surface area (Å²) in [5.41, 5.74) is -0.908. The summed E-state index contributed by atoms with van der Waals surface area (Å²) in [4.78, 5) is 16.4. The predicted molar refractivity (Wildman–Crippen MR) is 133 cm³/mol. The number of carbonyl (C=O) groups is 1. The second-order valence-corrected chi connectivity index (χ2v) is 10.9. The summed E-state index contributed by atoms with van der Waals surface area (Å²) in [5, 5.41) is 0.946. The van der Waals surface area contributed by atoms with Gasteiger partial charge in [0.25, 0.3) is 0 Å². The number of alkyl halides is 3. The normalized spacial score (nSPS) is 19.2. The lowest BCUT2D eigenvalue weighted by atomic mass is 9.99. The Morgan fingerprint density at radius 1 is 0.972 bits per heavy atom. The minimum atomic E-state index is -4.55. The molecule has 0 aliphatic carbocycles. The van der Waals surface area contributed by atoms with E-state index in [4.69, 9.17) is 27.9 Å². The molecule has 2 amide bonds. The Kier molecular flexibility index (Phi) is 8.70. The Labute approximate surface area is 220 Å². The van der Waals surface area contributed by atoms with Crippen LogP contribution in [-0.2, 0) is 17.2 Å². The first kappa shape index (κ1) is 27.0. The highest BCUT2D eigenvalue weighted by Gasteiger charge is 2.32. The van der Waals surface area contributed by atoms with Crippen LogP contribution < -0.4 is 9.46 Å². The third-order valence-corrected chi connectivity index (χ3v) is 8.28. The van der Waals surface area contributed by atoms with Crippen molar-refractivity contribution in [3.8, 4) is 5.75 Å². The van der Waals surface area contributed by atoms with Gasteiger partial charge in [0.1, 0.15) is 11.9 Å². The summed E-state index contributed by atoms with van der Waals surface area (Å²) >= 11 is 12.0. The van der Waals surface area contributed by atoms with E-state index in [0.717, 1.165) is 50.9 Å². The standard InChI is InChI=1S/C24H26Cl2F3N3O3S/c25-21-5-4-19(15-22(21)26)35-18-8-12-31(13-9-18)17-6-10-32(11-7-17)23(33)30-36(34)20-3-1-2-16(14-20)24(27,28)29/h1-5,14-15,17-18H,6-13H2,(H,30,33). The van der Waals surface area contributed by atoms with Gasteiger partial charge in [-0.2, -0.15) is 13.2 Å². The zero-order valence-corrected chi connectivity index (χ0v) is 21.6. The fourth-order valence-corrected chi connectivity index (χ4v) is 5.66. The molecule has 0 bridgehead atoms. The first-order valence-corrected chi connectivity index (χ1v) is 13.5. The highest BCUT2D eigenvalue weighted by atomic mass is 35.5. The molecular weight excluding hydrogens is 538 g/mol. The SMILES string of the molecule is O=C(NS(=O)c1cccc(C(F)(F)F)c1)N1CCC(N2CCC(Oc3ccc(Cl)c(Cl)c3)CC2)CC1. The molecule has 36 heavy (non-hydrogen) atoms. The fraction of sp³-hybridized carbons (Fsp3) is 0.458. The lowest BCUT2D eigenvalue weighted by Gasteiger charge is -2.41. The van der Waals surface area contributed by atoms with Crippen molar-refractivity contribution in [3.63, 3.8) is 0 Å². The third kappa shape index (κ3) is 6.85. The number of urea groups is 1. The maximum atomic E-state index is 12.9. The summed E-state index contributed by atoms with van der Waals surface area (Å²) in [7, 11) is -2.08. The van der Waals surface area contributed by atoms with Gasteiger partial charge in [-0.15, -0.1) is 0 Å². The maximum Gasteiger partial charge on any atom is 0.416 e. The number of carbonyl (C=O) groups excluding carboxylic acids is 1. The lowest BCUT2D eigenvalue weighted by molar-refractivity contribution is -0.137. The van der Waals surface area contributed by atoms with Gasteiger partial charge in [-0.3, -0.25) is 9.62 Å². The van der Waals surface area contributed by atoms with Crippen molar-refractivity contribution in [1.82, 2.24) is 14.5 Å². The minimum absolute atomic E-state index is 0.0928. The molecule has 4 rings (SSSR count). The Morgan fingerprint density at radius 2 is 1.67 bits per heavy atom. The average Bonchev–Trinajstić information content (AvgIpc) is 2.86. The summed E-state index contributed by atoms with van der Waals surface area (Å²) in [6.45, 7) is 2.72. The second-order valence-electron chi connectivity index (χ2n) is 8.85. The highest BCUT2D eigenvalue weighted by molar-refractivity contribution is 7.83. The third-order valence-electron chi connectivity index (χ3n) is 6.49. The smallest absolute Gasteiger partial charge is 0.416 e. The molecule has 0 aromatic heterocycles. The van der Waals surface area contributed by atoms with Crippen LogP contribution in [0.15, 0.2) is 47.4 Å². The maximum absolute atomic E-state index is 12.9. The molecule has 0 radical (unpaired) electrons. The largest absolute Gasteiger partial charge is 0.490 e. The van der Waals surface area contributed by atoms with Crippen molar-refractivity contribution >= 4 is 40.2 Å². The zero-order valence-electron chi connectivity index (χ0n) is 19.3. The molecule has 1 unspecified atom stereocenters. The van der Waals surface area contributed by atoms with Crippen molar-refractivity contribution in [3.05, 3.63) is 58.1 Å². The van der Waals surface area contributed by atoms with Gasteiger partial charge in [0.15, 0.2) is 11.0 Å². The minimum Gasteiger partial charge on any atom is -0.490 e. The number of piperidine rings is 2. The quantitative estimate of drug-likeness (QED) is 0.503. The summed E-state index contributed by atoms with van der Waals surface area (Å²) in [6.07, 6.45) is -1.18. The Balaban J connectivity index is 1.22. The summed E-state index contributed by atoms with van der Waals surface area (Å²) < 4.78 is 59.5. The fourth-order valence-electron chi connectivity index (χ4n) is 4.53. The number of halogens is 5. The molecule has 2 aromatic rings. The number of rotatable bonds is 5. The van der Waals surface area contributed by atoms with Crippen LogP contribution in [0.3, 0.4) is 0 Å². The van der Waals surface area contributed by atoms with Gasteiger partial charge in [-0.05, 0) is 56.0 Å². The predicted octanol–water partition coefficient (Wildman–Crippen LogP) is 5.75. The van der Waals surface area contributed by atoms with E-state index in [9.17, 15) is 22.2 Å². The van der Waals surface area contributed by atoms with E-state index in [1.807, 2.05) is 0 Å². The molecule has 2 aliphatic heterocycles. The Morgan fingerprint density at radius 3 is 2.31 bits per heavy atom. The monoisotopic (exact) mass is 563 g/mol. The van der Waals surface area contributed by atoms with Crippen LogP contribution in [0.4, 0.5) is 18.0 Å². The average molecular weight is 564 g/mol. The molecule has 1 N–H and O–H groups in total. The van der Waals surface area contributed by atoms with Gasteiger partial charge < -0.3 is 9.64 Å². The van der Waals surface area contributed by atoms with Gasteiger partial charge >= 0.3 is 12.2 Å². The van der Waals surface area contributed by atoms with Crippen LogP contribution in [-0.4, -0.2) is 58.4 Å². The molecule has 2 heterocycles. The van der Waals surface area contributed by atoms with Gasteiger partial charge in [0.2, 0.25) is 0 Å². The second kappa shape index (κ2) is 11.6. The van der Waals surface area contributed by atoms with E-state index in [2.05, 4.69) is 9.62 Å². The first-order chi connectivity index (χ1) is 17.1. The number of hydrogen-bond donors (Lipinski definition) is 1. The number of ether oxygens (including phenoxy) is 1. The summed E-state index contributed by atoms with van der Waals surface area (Å²) in [5.74, 6) is 0.699. The molecule has 2 saturated heterocycles. The van der Waals surface area contributed by atoms with Gasteiger partial charge in [0.05, 0.1) is 20.5 Å². The Hall–Kier alpha value is -2.01. The lowest BCUT2D eigenvalue weighted by Crippen LogP contribution is -2.52. The number of likely N-dealkylation sites (tertiary alicyclic amines) is 2. The van der Waals surface area contributed by atoms with Crippen molar-refractivity contribution in [1.29, 1.82) is 0 Å². The molecule has 1 atom stereocenters. The van der Waals surface area contributed by atoms with Crippen molar-refractivity contribution in [2.45, 2.75) is 48.9 Å². The van der Waals surface area contributed by atoms with Gasteiger partial charge in [-0.25, -0.2) is 9.00 Å². The Bertz CT molecular complexity index is 1110. The number of nitrogens with zero attached hydrogens (tertiary/aromatic N) is 2. The molecule has 0 spiro atoms. The van der Waals surface area contributed by atoms with E-state index >= 15 is 0 Å².